The Hall–Kier alpha value is -3.13. The molecule has 1 aromatic heterocycles. The Balaban J connectivity index is 1.39. The summed E-state index contributed by atoms with van der Waals surface area (Å²) in [5.74, 6) is 0.905. The fourth-order valence-corrected chi connectivity index (χ4v) is 4.24. The van der Waals surface area contributed by atoms with E-state index in [9.17, 15) is 9.59 Å². The van der Waals surface area contributed by atoms with Gasteiger partial charge in [-0.3, -0.25) is 14.2 Å². The van der Waals surface area contributed by atoms with Crippen molar-refractivity contribution >= 4 is 34.7 Å². The first-order valence-electron chi connectivity index (χ1n) is 10.5. The molecule has 0 spiro atoms. The number of H-pyrrole nitrogens is 1. The molecule has 162 valence electrons. The molecule has 1 fully saturated rings. The third kappa shape index (κ3) is 4.49. The molecule has 8 heteroatoms. The molecule has 0 atom stereocenters. The number of carbonyl (C=O) groups is 1. The number of fused-ring (bicyclic) bond motifs is 1. The number of benzene rings is 2. The van der Waals surface area contributed by atoms with Crippen LogP contribution >= 0.6 is 12.2 Å². The number of carbonyl (C=O) groups excluding carboxylic acids is 1. The number of ether oxygens (including phenoxy) is 1. The Morgan fingerprint density at radius 3 is 2.55 bits per heavy atom. The fourth-order valence-electron chi connectivity index (χ4n) is 3.96. The van der Waals surface area contributed by atoms with Crippen LogP contribution in [0.25, 0.3) is 10.9 Å². The Kier molecular flexibility index (Phi) is 6.36. The molecule has 1 N–H and O–H groups in total. The number of rotatable bonds is 6. The highest BCUT2D eigenvalue weighted by Crippen LogP contribution is 2.28. The normalized spacial score (nSPS) is 14.1. The zero-order valence-corrected chi connectivity index (χ0v) is 18.4. The monoisotopic (exact) mass is 438 g/mol. The first-order valence-corrected chi connectivity index (χ1v) is 11.0. The number of para-hydroxylation sites is 3. The van der Waals surface area contributed by atoms with Gasteiger partial charge < -0.3 is 19.5 Å². The van der Waals surface area contributed by atoms with Gasteiger partial charge >= 0.3 is 0 Å². The van der Waals surface area contributed by atoms with E-state index in [-0.39, 0.29) is 24.4 Å². The summed E-state index contributed by atoms with van der Waals surface area (Å²) >= 11 is 5.34. The molecule has 31 heavy (non-hydrogen) atoms. The highest BCUT2D eigenvalue weighted by molar-refractivity contribution is 7.71. The van der Waals surface area contributed by atoms with E-state index < -0.39 is 0 Å². The van der Waals surface area contributed by atoms with Crippen LogP contribution < -0.4 is 15.2 Å². The molecule has 3 aromatic rings. The second-order valence-electron chi connectivity index (χ2n) is 7.45. The van der Waals surface area contributed by atoms with E-state index in [1.165, 1.54) is 4.57 Å². The van der Waals surface area contributed by atoms with Crippen molar-refractivity contribution in [1.29, 1.82) is 0 Å². The summed E-state index contributed by atoms with van der Waals surface area (Å²) in [6.07, 6.45) is 0.241. The Bertz CT molecular complexity index is 1200. The average Bonchev–Trinajstić information content (AvgIpc) is 2.79. The predicted molar refractivity (Wildman–Crippen MR) is 124 cm³/mol. The average molecular weight is 439 g/mol. The number of aromatic amines is 1. The summed E-state index contributed by atoms with van der Waals surface area (Å²) < 4.78 is 7.56. The van der Waals surface area contributed by atoms with E-state index in [4.69, 9.17) is 17.0 Å². The molecule has 0 radical (unpaired) electrons. The van der Waals surface area contributed by atoms with Gasteiger partial charge in [0.15, 0.2) is 4.77 Å². The molecule has 2 aromatic carbocycles. The van der Waals surface area contributed by atoms with Crippen LogP contribution in [0.15, 0.2) is 53.3 Å². The number of hydrogen-bond donors (Lipinski definition) is 1. The van der Waals surface area contributed by atoms with Gasteiger partial charge in [-0.25, -0.2) is 0 Å². The van der Waals surface area contributed by atoms with E-state index in [2.05, 4.69) is 16.0 Å². The third-order valence-electron chi connectivity index (χ3n) is 5.58. The number of amides is 1. The Morgan fingerprint density at radius 2 is 1.77 bits per heavy atom. The number of anilines is 1. The summed E-state index contributed by atoms with van der Waals surface area (Å²) in [7, 11) is 0. The first kappa shape index (κ1) is 21.1. The molecule has 1 aliphatic rings. The molecule has 1 aliphatic heterocycles. The zero-order valence-electron chi connectivity index (χ0n) is 17.5. The number of nitrogens with zero attached hydrogens (tertiary/aromatic N) is 3. The van der Waals surface area contributed by atoms with Crippen molar-refractivity contribution in [3.8, 4) is 5.75 Å². The predicted octanol–water partition coefficient (Wildman–Crippen LogP) is 3.20. The molecular formula is C23H26N4O3S. The maximum atomic E-state index is 12.8. The summed E-state index contributed by atoms with van der Waals surface area (Å²) in [4.78, 5) is 32.7. The van der Waals surface area contributed by atoms with Gasteiger partial charge in [-0.05, 0) is 43.4 Å². The van der Waals surface area contributed by atoms with Gasteiger partial charge in [0.05, 0.1) is 23.2 Å². The van der Waals surface area contributed by atoms with E-state index in [1.807, 2.05) is 48.2 Å². The maximum Gasteiger partial charge on any atom is 0.262 e. The molecule has 0 saturated carbocycles. The lowest BCUT2D eigenvalue weighted by Crippen LogP contribution is -2.49. The van der Waals surface area contributed by atoms with Gasteiger partial charge in [-0.1, -0.05) is 24.3 Å². The number of aromatic nitrogens is 2. The largest absolute Gasteiger partial charge is 0.492 e. The summed E-state index contributed by atoms with van der Waals surface area (Å²) in [5.41, 5.74) is 1.61. The summed E-state index contributed by atoms with van der Waals surface area (Å²) in [5, 5.41) is 0.574. The topological polar surface area (TPSA) is 70.6 Å². The highest BCUT2D eigenvalue weighted by Gasteiger charge is 2.23. The van der Waals surface area contributed by atoms with Gasteiger partial charge in [0.25, 0.3) is 5.56 Å². The lowest BCUT2D eigenvalue weighted by molar-refractivity contribution is -0.131. The van der Waals surface area contributed by atoms with Crippen LogP contribution in [0, 0.1) is 4.77 Å². The van der Waals surface area contributed by atoms with E-state index in [1.54, 1.807) is 6.07 Å². The second kappa shape index (κ2) is 9.34. The number of nitrogens with one attached hydrogen (secondary N) is 1. The van der Waals surface area contributed by atoms with Gasteiger partial charge in [0.1, 0.15) is 5.75 Å². The van der Waals surface area contributed by atoms with Gasteiger partial charge in [0, 0.05) is 39.1 Å². The van der Waals surface area contributed by atoms with Crippen molar-refractivity contribution in [1.82, 2.24) is 14.5 Å². The molecule has 1 saturated heterocycles. The van der Waals surface area contributed by atoms with Crippen LogP contribution in [0.5, 0.6) is 5.75 Å². The van der Waals surface area contributed by atoms with Crippen molar-refractivity contribution in [2.24, 2.45) is 0 Å². The van der Waals surface area contributed by atoms with Crippen LogP contribution in [0.1, 0.15) is 13.3 Å². The minimum Gasteiger partial charge on any atom is -0.492 e. The van der Waals surface area contributed by atoms with Crippen LogP contribution in [0.4, 0.5) is 5.69 Å². The SMILES string of the molecule is CCOc1ccccc1N1CCN(C(=O)CCn2c(=S)[nH]c3ccccc3c2=O)CC1. The second-order valence-corrected chi connectivity index (χ2v) is 7.84. The van der Waals surface area contributed by atoms with Crippen LogP contribution in [0.2, 0.25) is 0 Å². The molecule has 0 unspecified atom stereocenters. The quantitative estimate of drug-likeness (QED) is 0.599. The smallest absolute Gasteiger partial charge is 0.262 e. The minimum absolute atomic E-state index is 0.0344. The maximum absolute atomic E-state index is 12.8. The van der Waals surface area contributed by atoms with Crippen LogP contribution in [-0.4, -0.2) is 53.1 Å². The standard InChI is InChI=1S/C23H26N4O3S/c1-2-30-20-10-6-5-9-19(20)25-13-15-26(16-14-25)21(28)11-12-27-22(29)17-7-3-4-8-18(17)24-23(27)31/h3-10H,2,11-16H2,1H3,(H,24,31). The van der Waals surface area contributed by atoms with Crippen LogP contribution in [0.3, 0.4) is 0 Å². The van der Waals surface area contributed by atoms with Crippen molar-refractivity contribution < 1.29 is 9.53 Å². The third-order valence-corrected chi connectivity index (χ3v) is 5.90. The Labute approximate surface area is 185 Å². The van der Waals surface area contributed by atoms with Crippen LogP contribution in [-0.2, 0) is 11.3 Å². The zero-order chi connectivity index (χ0) is 21.8. The fraction of sp³-hybridized carbons (Fsp3) is 0.348. The summed E-state index contributed by atoms with van der Waals surface area (Å²) in [6.45, 7) is 5.62. The van der Waals surface area contributed by atoms with E-state index in [0.717, 1.165) is 24.5 Å². The van der Waals surface area contributed by atoms with Crippen molar-refractivity contribution in [3.63, 3.8) is 0 Å². The van der Waals surface area contributed by atoms with E-state index >= 15 is 0 Å². The van der Waals surface area contributed by atoms with Gasteiger partial charge in [-0.2, -0.15) is 0 Å². The summed E-state index contributed by atoms with van der Waals surface area (Å²) in [6, 6.07) is 15.3. The number of piperazine rings is 1. The Morgan fingerprint density at radius 1 is 1.06 bits per heavy atom. The molecule has 4 rings (SSSR count). The van der Waals surface area contributed by atoms with E-state index in [0.29, 0.717) is 35.4 Å². The van der Waals surface area contributed by atoms with Crippen molar-refractivity contribution in [2.45, 2.75) is 19.9 Å². The van der Waals surface area contributed by atoms with Crippen molar-refractivity contribution in [2.75, 3.05) is 37.7 Å². The minimum atomic E-state index is -0.162. The van der Waals surface area contributed by atoms with Gasteiger partial charge in [0.2, 0.25) is 5.91 Å². The molecule has 2 heterocycles. The van der Waals surface area contributed by atoms with Gasteiger partial charge in [-0.15, -0.1) is 0 Å². The molecular weight excluding hydrogens is 412 g/mol. The molecule has 0 bridgehead atoms. The lowest BCUT2D eigenvalue weighted by Gasteiger charge is -2.36. The molecule has 0 aliphatic carbocycles. The first-order chi connectivity index (χ1) is 15.1. The van der Waals surface area contributed by atoms with Crippen molar-refractivity contribution in [3.05, 3.63) is 63.7 Å². The molecule has 1 amide bonds. The lowest BCUT2D eigenvalue weighted by atomic mass is 10.2. The molecule has 7 nitrogen and oxygen atoms in total. The highest BCUT2D eigenvalue weighted by atomic mass is 32.1. The number of hydrogen-bond acceptors (Lipinski definition) is 5.